The molecule has 3 aromatic rings. The van der Waals surface area contributed by atoms with Crippen molar-refractivity contribution in [1.29, 1.82) is 0 Å². The zero-order valence-corrected chi connectivity index (χ0v) is 54.5. The Bertz CT molecular complexity index is 3060. The monoisotopic (exact) mass is 1340 g/mol. The highest BCUT2D eigenvalue weighted by atomic mass is 32.2. The van der Waals surface area contributed by atoms with Gasteiger partial charge in [-0.05, 0) is 75.3 Å². The molecule has 4 atom stereocenters. The van der Waals surface area contributed by atoms with Crippen LogP contribution in [-0.4, -0.2) is 304 Å². The normalized spacial score (nSPS) is 19.9. The zero-order chi connectivity index (χ0) is 67.7. The first-order valence-corrected chi connectivity index (χ1v) is 33.2. The van der Waals surface area contributed by atoms with Gasteiger partial charge in [0.05, 0.1) is 62.7 Å². The predicted molar refractivity (Wildman–Crippen MR) is 346 cm³/mol. The fourth-order valence-electron chi connectivity index (χ4n) is 11.9. The summed E-state index contributed by atoms with van der Waals surface area (Å²) in [5.74, 6) is -7.89. The first kappa shape index (κ1) is 74.1. The number of nitrogens with one attached hydrogen (secondary N) is 3. The van der Waals surface area contributed by atoms with Crippen molar-refractivity contribution in [2.45, 2.75) is 94.2 Å². The number of aryl methyl sites for hydroxylation is 2. The number of carboxylic acids is 3. The van der Waals surface area contributed by atoms with Crippen LogP contribution >= 0.6 is 11.8 Å². The van der Waals surface area contributed by atoms with Crippen molar-refractivity contribution >= 4 is 82.2 Å². The quantitative estimate of drug-likeness (QED) is 0.0194. The maximum atomic E-state index is 14.2. The Morgan fingerprint density at radius 2 is 1.37 bits per heavy atom. The van der Waals surface area contributed by atoms with Crippen LogP contribution < -0.4 is 20.7 Å². The topological polar surface area (TPSA) is 331 Å². The number of alkyl halides is 2. The van der Waals surface area contributed by atoms with Gasteiger partial charge in [0.15, 0.2) is 0 Å². The molecule has 2 unspecified atom stereocenters. The maximum absolute atomic E-state index is 14.2. The van der Waals surface area contributed by atoms with Crippen molar-refractivity contribution in [2.75, 3.05) is 157 Å². The number of fused-ring (bicyclic) bond motifs is 1. The molecule has 7 N–H and O–H groups in total. The van der Waals surface area contributed by atoms with E-state index in [9.17, 15) is 72.4 Å². The lowest BCUT2D eigenvalue weighted by Crippen LogP contribution is -2.52. The molecule has 1 aromatic heterocycles. The number of carbonyl (C=O) groups excluding carboxylic acids is 6. The van der Waals surface area contributed by atoms with E-state index in [0.717, 1.165) is 27.3 Å². The van der Waals surface area contributed by atoms with Crippen LogP contribution in [0.5, 0.6) is 5.75 Å². The molecule has 2 aromatic carbocycles. The van der Waals surface area contributed by atoms with Crippen LogP contribution in [0.2, 0.25) is 0 Å². The summed E-state index contributed by atoms with van der Waals surface area (Å²) in [6, 6.07) is 13.7. The van der Waals surface area contributed by atoms with Gasteiger partial charge in [-0.2, -0.15) is 0 Å². The number of aliphatic carboxylic acids is 3. The van der Waals surface area contributed by atoms with Gasteiger partial charge in [0.25, 0.3) is 5.92 Å². The number of unbranched alkanes of at least 4 members (excludes halogenated alkanes) is 1. The minimum atomic E-state index is -3.04. The summed E-state index contributed by atoms with van der Waals surface area (Å²) in [7, 11) is 1.45. The lowest BCUT2D eigenvalue weighted by atomic mass is 10.1. The smallest absolute Gasteiger partial charge is 0.317 e. The number of carbonyl (C=O) groups is 9. The molecule has 27 nitrogen and oxygen atoms in total. The summed E-state index contributed by atoms with van der Waals surface area (Å²) < 4.78 is 34.4. The Balaban J connectivity index is 0.878. The molecular weight excluding hydrogens is 1240 g/mol. The van der Waals surface area contributed by atoms with Gasteiger partial charge in [0, 0.05) is 153 Å². The van der Waals surface area contributed by atoms with Crippen molar-refractivity contribution in [1.82, 2.24) is 60.1 Å². The van der Waals surface area contributed by atoms with Crippen LogP contribution in [0.3, 0.4) is 0 Å². The molecule has 6 amide bonds. The van der Waals surface area contributed by atoms with Crippen LogP contribution in [0.25, 0.3) is 10.9 Å². The third kappa shape index (κ3) is 24.5. The van der Waals surface area contributed by atoms with E-state index in [0.29, 0.717) is 107 Å². The van der Waals surface area contributed by atoms with E-state index in [2.05, 4.69) is 43.0 Å². The van der Waals surface area contributed by atoms with E-state index in [1.165, 1.54) is 31.2 Å². The number of halogens is 2. The minimum absolute atomic E-state index is 0.0665. The Labute approximate surface area is 550 Å². The number of pyridine rings is 1. The molecule has 516 valence electrons. The summed E-state index contributed by atoms with van der Waals surface area (Å²) in [5, 5.41) is 48.7. The molecule has 4 saturated heterocycles. The van der Waals surface area contributed by atoms with Crippen LogP contribution in [0.4, 0.5) is 8.78 Å². The molecule has 94 heavy (non-hydrogen) atoms. The highest BCUT2D eigenvalue weighted by Crippen LogP contribution is 2.32. The number of piperazine rings is 1. The zero-order valence-electron chi connectivity index (χ0n) is 53.7. The minimum Gasteiger partial charge on any atom is -0.494 e. The largest absolute Gasteiger partial charge is 0.494 e. The number of aliphatic hydroxyl groups excluding tert-OH is 1. The molecule has 0 aliphatic carbocycles. The number of hydrogen-bond donors (Lipinski definition) is 7. The van der Waals surface area contributed by atoms with Gasteiger partial charge in [-0.1, -0.05) is 29.8 Å². The van der Waals surface area contributed by atoms with Crippen molar-refractivity contribution in [3.05, 3.63) is 71.4 Å². The molecule has 4 aliphatic heterocycles. The van der Waals surface area contributed by atoms with Gasteiger partial charge < -0.3 is 45.6 Å². The van der Waals surface area contributed by atoms with Gasteiger partial charge in [-0.15, -0.1) is 11.8 Å². The molecule has 4 aliphatic rings. The van der Waals surface area contributed by atoms with E-state index in [4.69, 9.17) is 4.74 Å². The third-order valence-electron chi connectivity index (χ3n) is 17.1. The summed E-state index contributed by atoms with van der Waals surface area (Å²) in [6.45, 7) is 4.41. The Hall–Kier alpha value is -7.32. The number of rotatable bonds is 33. The highest BCUT2D eigenvalue weighted by molar-refractivity contribution is 8.00. The van der Waals surface area contributed by atoms with Gasteiger partial charge in [0.1, 0.15) is 18.5 Å². The average Bonchev–Trinajstić information content (AvgIpc) is 1.24. The van der Waals surface area contributed by atoms with Crippen LogP contribution in [0.15, 0.2) is 59.7 Å². The highest BCUT2D eigenvalue weighted by Gasteiger charge is 2.46. The second-order valence-corrected chi connectivity index (χ2v) is 25.7. The number of aliphatic imine (C=N–C) groups is 1. The average molecular weight is 1340 g/mol. The Morgan fingerprint density at radius 3 is 1.99 bits per heavy atom. The number of ether oxygens (including phenoxy) is 1. The molecule has 0 bridgehead atoms. The van der Waals surface area contributed by atoms with E-state index < -0.39 is 91.2 Å². The molecule has 0 radical (unpaired) electrons. The van der Waals surface area contributed by atoms with E-state index >= 15 is 0 Å². The first-order chi connectivity index (χ1) is 45.0. The number of hydrogen-bond acceptors (Lipinski definition) is 20. The SMILES string of the molecule is C/N=C/[C@H]1CC(F)(F)CN1C(=O)CNC(O)c1ccnc2ccc(OCCCN3CCN(C(=O)CN4C(=O)CC(SC[C@H](CCCCNC(=O)CCCc5ccc(C)cc5)NC(=O)CN5CCN(CC(=O)O)CCN(CC(=O)O)CCN(CC(=O)O)CC5)C4=O)CC3)cc12. The standard InChI is InChI=1S/C64H91F2N13O14S/c1-45-10-12-46(13-11-45)7-5-9-54(80)69-17-4-3-8-47(71-55(81)38-73-20-22-74(40-59(85)86)24-26-76(42-61(89)90)27-25-75(23-21-73)41-60(87)88)43-94-53-34-56(82)78(63(53)92)39-58(84)77-30-28-72(29-31-77)19-6-32-93-49-14-15-52-51(33-49)50(16-18-68-52)62(91)70-37-57(83)79-44-64(65,66)35-48(79)36-67-2/h10-16,18,33,36,47-48,53,62,70,91H,3-9,17,19-32,34-35,37-44H2,1-2H3,(H,69,80)(H,71,81)(H,85,86)(H,87,88)(H,89,90)/b67-36+/t47-,48+,53?,62?/m0/s1. The van der Waals surface area contributed by atoms with Crippen molar-refractivity contribution in [3.8, 4) is 5.75 Å². The number of benzene rings is 2. The number of aliphatic hydroxyl groups is 1. The van der Waals surface area contributed by atoms with Gasteiger partial charge in [-0.25, -0.2) is 8.78 Å². The fraction of sp³-hybridized carbons (Fsp3) is 0.609. The molecule has 5 heterocycles. The summed E-state index contributed by atoms with van der Waals surface area (Å²) in [4.78, 5) is 137. The van der Waals surface area contributed by atoms with Crippen molar-refractivity contribution in [2.24, 2.45) is 4.99 Å². The van der Waals surface area contributed by atoms with Crippen LogP contribution in [-0.2, 0) is 49.6 Å². The first-order valence-electron chi connectivity index (χ1n) is 32.2. The third-order valence-corrected chi connectivity index (χ3v) is 18.4. The van der Waals surface area contributed by atoms with Crippen molar-refractivity contribution in [3.63, 3.8) is 0 Å². The maximum Gasteiger partial charge on any atom is 0.317 e. The van der Waals surface area contributed by atoms with E-state index in [1.54, 1.807) is 43.9 Å². The number of nitrogens with zero attached hydrogens (tertiary/aromatic N) is 10. The number of likely N-dealkylation sites (tertiary alicyclic amines) is 2. The van der Waals surface area contributed by atoms with E-state index in [1.807, 2.05) is 24.0 Å². The molecule has 0 spiro atoms. The van der Waals surface area contributed by atoms with Crippen LogP contribution in [0, 0.1) is 6.92 Å². The Kier molecular flexibility index (Phi) is 29.2. The number of carboxylic acid groups (broad SMARTS) is 3. The van der Waals surface area contributed by atoms with Gasteiger partial charge >= 0.3 is 17.9 Å². The summed E-state index contributed by atoms with van der Waals surface area (Å²) in [5.41, 5.74) is 3.30. The van der Waals surface area contributed by atoms with E-state index in [-0.39, 0.29) is 108 Å². The molecule has 7 rings (SSSR count). The lowest BCUT2D eigenvalue weighted by Gasteiger charge is -2.35. The number of aromatic nitrogens is 1. The van der Waals surface area contributed by atoms with Crippen LogP contribution in [0.1, 0.15) is 74.3 Å². The molecule has 30 heteroatoms. The summed E-state index contributed by atoms with van der Waals surface area (Å²) >= 11 is 1.22. The lowest BCUT2D eigenvalue weighted by molar-refractivity contribution is -0.146. The molecule has 4 fully saturated rings. The van der Waals surface area contributed by atoms with Gasteiger partial charge in [-0.3, -0.25) is 87.8 Å². The summed E-state index contributed by atoms with van der Waals surface area (Å²) in [6.07, 6.45) is 4.96. The number of amides is 6. The Morgan fingerprint density at radius 1 is 0.755 bits per heavy atom. The second-order valence-electron chi connectivity index (χ2n) is 24.4. The fourth-order valence-corrected chi connectivity index (χ4v) is 13.2. The number of thioether (sulfide) groups is 1. The predicted octanol–water partition coefficient (Wildman–Crippen LogP) is 1.10. The number of imide groups is 1. The molecule has 0 saturated carbocycles. The van der Waals surface area contributed by atoms with Gasteiger partial charge in [0.2, 0.25) is 35.4 Å². The van der Waals surface area contributed by atoms with Crippen molar-refractivity contribution < 1.29 is 77.1 Å². The second kappa shape index (κ2) is 37.1. The molecular formula is C64H91F2N13O14S.